The van der Waals surface area contributed by atoms with Crippen LogP contribution in [-0.2, 0) is 16.1 Å². The van der Waals surface area contributed by atoms with Crippen molar-refractivity contribution in [2.24, 2.45) is 11.3 Å². The van der Waals surface area contributed by atoms with Crippen LogP contribution in [0, 0.1) is 11.3 Å². The smallest absolute Gasteiger partial charge is 0.262 e. The molecular weight excluding hydrogens is 566 g/mol. The van der Waals surface area contributed by atoms with Crippen molar-refractivity contribution in [2.45, 2.75) is 64.5 Å². The van der Waals surface area contributed by atoms with Crippen LogP contribution in [0.2, 0.25) is 0 Å². The fourth-order valence-corrected chi connectivity index (χ4v) is 6.89. The summed E-state index contributed by atoms with van der Waals surface area (Å²) in [5.41, 5.74) is 1.15. The number of carbonyl (C=O) groups is 2. The van der Waals surface area contributed by atoms with Gasteiger partial charge in [0.1, 0.15) is 6.33 Å². The normalized spacial score (nSPS) is 20.4. The Bertz CT molecular complexity index is 1720. The van der Waals surface area contributed by atoms with Gasteiger partial charge in [0.25, 0.3) is 5.56 Å². The topological polar surface area (TPSA) is 101 Å². The van der Waals surface area contributed by atoms with Crippen molar-refractivity contribution in [3.05, 3.63) is 95.2 Å². The SMILES string of the molecule is CC(C)(C)CC(=O)N1CCC(C(=O)N2CCC(O)(Cn3cnc4c(ccn4-c4ccccc4)c3=O)CC2)C(c2ccccc2)C1. The first-order chi connectivity index (χ1) is 21.5. The number of hydrogen-bond acceptors (Lipinski definition) is 5. The van der Waals surface area contributed by atoms with E-state index in [9.17, 15) is 19.5 Å². The number of rotatable bonds is 6. The summed E-state index contributed by atoms with van der Waals surface area (Å²) in [7, 11) is 0. The number of likely N-dealkylation sites (tertiary alicyclic amines) is 2. The number of aliphatic hydroxyl groups is 1. The highest BCUT2D eigenvalue weighted by Crippen LogP contribution is 2.36. The first kappa shape index (κ1) is 30.8. The third-order valence-electron chi connectivity index (χ3n) is 9.37. The van der Waals surface area contributed by atoms with Crippen molar-refractivity contribution < 1.29 is 14.7 Å². The van der Waals surface area contributed by atoms with Crippen molar-refractivity contribution in [2.75, 3.05) is 26.2 Å². The summed E-state index contributed by atoms with van der Waals surface area (Å²) in [5.74, 6) is -0.106. The summed E-state index contributed by atoms with van der Waals surface area (Å²) in [6, 6.07) is 21.5. The Labute approximate surface area is 264 Å². The van der Waals surface area contributed by atoms with E-state index in [0.717, 1.165) is 11.3 Å². The molecule has 2 aromatic carbocycles. The molecule has 2 aliphatic rings. The van der Waals surface area contributed by atoms with E-state index < -0.39 is 5.60 Å². The van der Waals surface area contributed by atoms with Gasteiger partial charge in [-0.15, -0.1) is 0 Å². The maximum absolute atomic E-state index is 14.0. The summed E-state index contributed by atoms with van der Waals surface area (Å²) in [6.07, 6.45) is 5.17. The van der Waals surface area contributed by atoms with Crippen LogP contribution < -0.4 is 5.56 Å². The van der Waals surface area contributed by atoms with E-state index in [-0.39, 0.29) is 41.2 Å². The Morgan fingerprint density at radius 1 is 0.933 bits per heavy atom. The van der Waals surface area contributed by atoms with Crippen molar-refractivity contribution in [3.63, 3.8) is 0 Å². The monoisotopic (exact) mass is 609 g/mol. The second-order valence-electron chi connectivity index (χ2n) is 14.0. The molecule has 9 nitrogen and oxygen atoms in total. The third-order valence-corrected chi connectivity index (χ3v) is 9.37. The maximum Gasteiger partial charge on any atom is 0.262 e. The molecule has 2 atom stereocenters. The van der Waals surface area contributed by atoms with Gasteiger partial charge in [0.2, 0.25) is 11.8 Å². The van der Waals surface area contributed by atoms with E-state index in [0.29, 0.717) is 62.9 Å². The fourth-order valence-electron chi connectivity index (χ4n) is 6.89. The van der Waals surface area contributed by atoms with E-state index in [1.165, 1.54) is 10.9 Å². The van der Waals surface area contributed by atoms with Gasteiger partial charge < -0.3 is 19.5 Å². The first-order valence-corrected chi connectivity index (χ1v) is 16.0. The number of carbonyl (C=O) groups excluding carboxylic acids is 2. The minimum absolute atomic E-state index is 0.0799. The summed E-state index contributed by atoms with van der Waals surface area (Å²) in [4.78, 5) is 48.9. The van der Waals surface area contributed by atoms with Gasteiger partial charge in [-0.3, -0.25) is 19.0 Å². The summed E-state index contributed by atoms with van der Waals surface area (Å²) in [5, 5.41) is 12.1. The predicted molar refractivity (Wildman–Crippen MR) is 174 cm³/mol. The summed E-state index contributed by atoms with van der Waals surface area (Å²) < 4.78 is 3.37. The standard InChI is InChI=1S/C36H43N5O4/c1-35(2,3)22-31(42)39-18-14-28(30(23-39)26-10-6-4-7-11-26)33(43)38-20-16-36(45,17-21-38)24-40-25-37-32-29(34(40)44)15-19-41(32)27-12-8-5-9-13-27/h4-13,15,19,25,28,30,45H,14,16-18,20-24H2,1-3H3. The average molecular weight is 610 g/mol. The molecule has 4 aromatic rings. The van der Waals surface area contributed by atoms with Crippen LogP contribution in [0.4, 0.5) is 0 Å². The number of para-hydroxylation sites is 1. The molecule has 1 N–H and O–H groups in total. The molecule has 2 unspecified atom stereocenters. The van der Waals surface area contributed by atoms with E-state index >= 15 is 0 Å². The number of amides is 2. The van der Waals surface area contributed by atoms with Crippen LogP contribution in [0.5, 0.6) is 0 Å². The van der Waals surface area contributed by atoms with E-state index in [2.05, 4.69) is 25.8 Å². The second-order valence-corrected chi connectivity index (χ2v) is 14.0. The van der Waals surface area contributed by atoms with Gasteiger partial charge >= 0.3 is 0 Å². The second kappa shape index (κ2) is 12.3. The largest absolute Gasteiger partial charge is 0.388 e. The van der Waals surface area contributed by atoms with Gasteiger partial charge in [-0.25, -0.2) is 4.98 Å². The fraction of sp³-hybridized carbons (Fsp3) is 0.444. The zero-order chi connectivity index (χ0) is 31.8. The van der Waals surface area contributed by atoms with Crippen LogP contribution in [-0.4, -0.2) is 72.6 Å². The number of nitrogens with zero attached hydrogens (tertiary/aromatic N) is 5. The van der Waals surface area contributed by atoms with Crippen LogP contribution >= 0.6 is 0 Å². The lowest BCUT2D eigenvalue weighted by Gasteiger charge is -2.43. The lowest BCUT2D eigenvalue weighted by molar-refractivity contribution is -0.146. The molecule has 6 rings (SSSR count). The number of benzene rings is 2. The van der Waals surface area contributed by atoms with Crippen molar-refractivity contribution in [1.82, 2.24) is 23.9 Å². The Morgan fingerprint density at radius 3 is 2.27 bits per heavy atom. The lowest BCUT2D eigenvalue weighted by atomic mass is 9.78. The average Bonchev–Trinajstić information content (AvgIpc) is 3.47. The molecule has 236 valence electrons. The molecule has 2 saturated heterocycles. The van der Waals surface area contributed by atoms with Crippen molar-refractivity contribution in [1.29, 1.82) is 0 Å². The Morgan fingerprint density at radius 2 is 1.60 bits per heavy atom. The van der Waals surface area contributed by atoms with Gasteiger partial charge in [-0.1, -0.05) is 69.3 Å². The molecule has 0 aliphatic carbocycles. The van der Waals surface area contributed by atoms with Gasteiger partial charge in [-0.2, -0.15) is 0 Å². The van der Waals surface area contributed by atoms with Gasteiger partial charge in [-0.05, 0) is 48.4 Å². The van der Waals surface area contributed by atoms with Crippen LogP contribution in [0.15, 0.2) is 84.0 Å². The number of aromatic nitrogens is 3. The van der Waals surface area contributed by atoms with E-state index in [4.69, 9.17) is 0 Å². The Kier molecular flexibility index (Phi) is 8.39. The molecule has 2 aliphatic heterocycles. The van der Waals surface area contributed by atoms with Crippen LogP contribution in [0.1, 0.15) is 57.9 Å². The summed E-state index contributed by atoms with van der Waals surface area (Å²) in [6.45, 7) is 8.25. The van der Waals surface area contributed by atoms with Crippen LogP contribution in [0.3, 0.4) is 0 Å². The molecule has 0 saturated carbocycles. The summed E-state index contributed by atoms with van der Waals surface area (Å²) >= 11 is 0. The van der Waals surface area contributed by atoms with E-state index in [1.807, 2.05) is 81.2 Å². The highest BCUT2D eigenvalue weighted by atomic mass is 16.3. The molecule has 2 amide bonds. The number of fused-ring (bicyclic) bond motifs is 1. The molecule has 45 heavy (non-hydrogen) atoms. The molecule has 4 heterocycles. The van der Waals surface area contributed by atoms with Gasteiger partial charge in [0.05, 0.1) is 17.5 Å². The molecular formula is C36H43N5O4. The minimum atomic E-state index is -1.13. The lowest BCUT2D eigenvalue weighted by Crippen LogP contribution is -2.53. The molecule has 0 spiro atoms. The highest BCUT2D eigenvalue weighted by molar-refractivity contribution is 5.82. The molecule has 0 bridgehead atoms. The molecule has 2 fully saturated rings. The first-order valence-electron chi connectivity index (χ1n) is 16.0. The zero-order valence-corrected chi connectivity index (χ0v) is 26.4. The van der Waals surface area contributed by atoms with Gasteiger partial charge in [0.15, 0.2) is 5.65 Å². The molecule has 2 aromatic heterocycles. The van der Waals surface area contributed by atoms with Gasteiger partial charge in [0, 0.05) is 56.3 Å². The predicted octanol–water partition coefficient (Wildman–Crippen LogP) is 4.61. The highest BCUT2D eigenvalue weighted by Gasteiger charge is 2.42. The van der Waals surface area contributed by atoms with Crippen molar-refractivity contribution in [3.8, 4) is 5.69 Å². The van der Waals surface area contributed by atoms with E-state index in [1.54, 1.807) is 6.07 Å². The molecule has 0 radical (unpaired) electrons. The Balaban J connectivity index is 1.13. The Hall–Kier alpha value is -4.24. The molecule has 9 heteroatoms. The van der Waals surface area contributed by atoms with Crippen molar-refractivity contribution >= 4 is 22.8 Å². The third kappa shape index (κ3) is 6.59. The maximum atomic E-state index is 14.0. The number of hydrogen-bond donors (Lipinski definition) is 1. The number of piperidine rings is 2. The quantitative estimate of drug-likeness (QED) is 0.344. The minimum Gasteiger partial charge on any atom is -0.388 e. The zero-order valence-electron chi connectivity index (χ0n) is 26.4. The van der Waals surface area contributed by atoms with Crippen LogP contribution in [0.25, 0.3) is 16.7 Å².